The second-order valence-electron chi connectivity index (χ2n) is 9.47. The van der Waals surface area contributed by atoms with E-state index in [0.717, 1.165) is 31.5 Å². The van der Waals surface area contributed by atoms with Crippen LogP contribution in [0.4, 0.5) is 0 Å². The normalized spacial score (nSPS) is 23.3. The van der Waals surface area contributed by atoms with Crippen molar-refractivity contribution in [3.8, 4) is 5.69 Å². The monoisotopic (exact) mass is 479 g/mol. The third-order valence-electron chi connectivity index (χ3n) is 7.12. The van der Waals surface area contributed by atoms with Crippen LogP contribution in [0, 0.1) is 0 Å². The van der Waals surface area contributed by atoms with Crippen molar-refractivity contribution in [1.82, 2.24) is 35.0 Å². The van der Waals surface area contributed by atoms with Gasteiger partial charge in [0.25, 0.3) is 11.8 Å². The Morgan fingerprint density at radius 3 is 2.80 bits per heavy atom. The quantitative estimate of drug-likeness (QED) is 0.637. The molecule has 2 aromatic rings. The second-order valence-corrected chi connectivity index (χ2v) is 9.47. The molecule has 4 amide bonds. The predicted molar refractivity (Wildman–Crippen MR) is 125 cm³/mol. The maximum Gasteiger partial charge on any atom is 0.276 e. The van der Waals surface area contributed by atoms with Gasteiger partial charge in [-0.15, -0.1) is 5.10 Å². The van der Waals surface area contributed by atoms with Gasteiger partial charge < -0.3 is 14.7 Å². The minimum Gasteiger partial charge on any atom is -0.333 e. The zero-order chi connectivity index (χ0) is 24.7. The molecule has 5 rings (SSSR count). The molecule has 3 aliphatic heterocycles. The van der Waals surface area contributed by atoms with Crippen LogP contribution >= 0.6 is 0 Å². The number of hydrogen-bond donors (Lipinski definition) is 1. The summed E-state index contributed by atoms with van der Waals surface area (Å²) in [6.07, 6.45) is 3.93. The van der Waals surface area contributed by atoms with Crippen LogP contribution in [0.1, 0.15) is 59.0 Å². The summed E-state index contributed by atoms with van der Waals surface area (Å²) in [5.41, 5.74) is 2.25. The molecule has 2 fully saturated rings. The zero-order valence-corrected chi connectivity index (χ0v) is 19.9. The summed E-state index contributed by atoms with van der Waals surface area (Å²) >= 11 is 0. The van der Waals surface area contributed by atoms with Crippen molar-refractivity contribution in [2.75, 3.05) is 26.7 Å². The highest BCUT2D eigenvalue weighted by atomic mass is 16.2. The van der Waals surface area contributed by atoms with Crippen molar-refractivity contribution < 1.29 is 19.2 Å². The first-order chi connectivity index (χ1) is 16.9. The number of nitrogens with one attached hydrogen (secondary N) is 1. The summed E-state index contributed by atoms with van der Waals surface area (Å²) in [4.78, 5) is 55.6. The van der Waals surface area contributed by atoms with Crippen LogP contribution in [0.15, 0.2) is 24.4 Å². The number of carbonyl (C=O) groups is 4. The highest BCUT2D eigenvalue weighted by molar-refractivity contribution is 6.05. The van der Waals surface area contributed by atoms with Gasteiger partial charge in [0.2, 0.25) is 11.8 Å². The first-order valence-corrected chi connectivity index (χ1v) is 12.1. The van der Waals surface area contributed by atoms with Crippen molar-refractivity contribution in [1.29, 1.82) is 0 Å². The van der Waals surface area contributed by atoms with Gasteiger partial charge in [-0.2, -0.15) is 0 Å². The van der Waals surface area contributed by atoms with Gasteiger partial charge in [0, 0.05) is 37.7 Å². The number of nitrogens with zero attached hydrogens (tertiary/aromatic N) is 6. The Kier molecular flexibility index (Phi) is 6.10. The van der Waals surface area contributed by atoms with Crippen LogP contribution in [0.25, 0.3) is 5.69 Å². The average Bonchev–Trinajstić information content (AvgIpc) is 3.40. The summed E-state index contributed by atoms with van der Waals surface area (Å²) < 4.78 is 1.54. The van der Waals surface area contributed by atoms with E-state index in [-0.39, 0.29) is 42.4 Å². The fraction of sp³-hybridized carbons (Fsp3) is 0.500. The van der Waals surface area contributed by atoms with E-state index < -0.39 is 11.9 Å². The van der Waals surface area contributed by atoms with Crippen molar-refractivity contribution in [2.45, 2.75) is 51.2 Å². The van der Waals surface area contributed by atoms with Crippen LogP contribution in [-0.2, 0) is 16.1 Å². The van der Waals surface area contributed by atoms with Gasteiger partial charge in [0.15, 0.2) is 5.69 Å². The van der Waals surface area contributed by atoms with E-state index in [1.165, 1.54) is 9.58 Å². The van der Waals surface area contributed by atoms with E-state index in [2.05, 4.69) is 34.5 Å². The predicted octanol–water partition coefficient (Wildman–Crippen LogP) is 0.585. The Hall–Kier alpha value is -3.60. The van der Waals surface area contributed by atoms with Crippen LogP contribution in [-0.4, -0.2) is 92.1 Å². The van der Waals surface area contributed by atoms with Gasteiger partial charge in [-0.05, 0) is 56.6 Å². The topological polar surface area (TPSA) is 121 Å². The zero-order valence-electron chi connectivity index (χ0n) is 19.9. The molecule has 0 radical (unpaired) electrons. The molecule has 2 saturated heterocycles. The maximum absolute atomic E-state index is 13.3. The third kappa shape index (κ3) is 4.31. The number of rotatable bonds is 4. The van der Waals surface area contributed by atoms with E-state index in [9.17, 15) is 19.2 Å². The molecule has 11 heteroatoms. The third-order valence-corrected chi connectivity index (χ3v) is 7.12. The molecular weight excluding hydrogens is 450 g/mol. The van der Waals surface area contributed by atoms with E-state index in [1.54, 1.807) is 18.3 Å². The molecule has 11 nitrogen and oxygen atoms in total. The number of amides is 4. The number of fused-ring (bicyclic) bond motifs is 1. The molecular formula is C24H29N7O4. The Labute approximate surface area is 203 Å². The fourth-order valence-corrected chi connectivity index (χ4v) is 5.20. The maximum atomic E-state index is 13.3. The van der Waals surface area contributed by atoms with Gasteiger partial charge in [-0.3, -0.25) is 24.5 Å². The Balaban J connectivity index is 1.34. The fourth-order valence-electron chi connectivity index (χ4n) is 5.20. The van der Waals surface area contributed by atoms with Crippen molar-refractivity contribution in [2.24, 2.45) is 0 Å². The summed E-state index contributed by atoms with van der Waals surface area (Å²) in [6.45, 7) is 4.83. The summed E-state index contributed by atoms with van der Waals surface area (Å²) in [5, 5.41) is 10.6. The SMILES string of the molecule is CCC1CN(C)CCCN1C(=O)c1cn(-c2ccc3c(c2)CN(C2CCC(=O)NC2=O)C3=O)nn1. The number of piperidine rings is 1. The second kappa shape index (κ2) is 9.21. The first-order valence-electron chi connectivity index (χ1n) is 12.1. The Bertz CT molecular complexity index is 1190. The van der Waals surface area contributed by atoms with E-state index in [1.807, 2.05) is 11.0 Å². The highest BCUT2D eigenvalue weighted by Gasteiger charge is 2.39. The van der Waals surface area contributed by atoms with Crippen molar-refractivity contribution >= 4 is 23.6 Å². The lowest BCUT2D eigenvalue weighted by Crippen LogP contribution is -2.52. The molecule has 0 saturated carbocycles. The van der Waals surface area contributed by atoms with Gasteiger partial charge in [-0.25, -0.2) is 4.68 Å². The Morgan fingerprint density at radius 2 is 2.03 bits per heavy atom. The van der Waals surface area contributed by atoms with Crippen LogP contribution in [0.5, 0.6) is 0 Å². The minimum absolute atomic E-state index is 0.126. The largest absolute Gasteiger partial charge is 0.333 e. The van der Waals surface area contributed by atoms with Gasteiger partial charge >= 0.3 is 0 Å². The number of hydrogen-bond acceptors (Lipinski definition) is 7. The number of aromatic nitrogens is 3. The Morgan fingerprint density at radius 1 is 1.20 bits per heavy atom. The van der Waals surface area contributed by atoms with Crippen LogP contribution in [0.3, 0.4) is 0 Å². The van der Waals surface area contributed by atoms with Crippen LogP contribution < -0.4 is 5.32 Å². The lowest BCUT2D eigenvalue weighted by Gasteiger charge is -2.29. The number of imide groups is 1. The molecule has 3 aliphatic rings. The van der Waals surface area contributed by atoms with Gasteiger partial charge in [-0.1, -0.05) is 12.1 Å². The first kappa shape index (κ1) is 23.2. The lowest BCUT2D eigenvalue weighted by molar-refractivity contribution is -0.136. The molecule has 1 N–H and O–H groups in total. The lowest BCUT2D eigenvalue weighted by atomic mass is 10.0. The summed E-state index contributed by atoms with van der Waals surface area (Å²) in [5.74, 6) is -1.11. The number of likely N-dealkylation sites (N-methyl/N-ethyl adjacent to an activating group) is 1. The molecule has 0 bridgehead atoms. The molecule has 184 valence electrons. The summed E-state index contributed by atoms with van der Waals surface area (Å²) in [7, 11) is 2.08. The molecule has 0 aliphatic carbocycles. The standard InChI is InChI=1S/C24H29N7O4/c1-3-16-13-28(2)9-4-10-29(16)24(35)19-14-31(27-26-19)17-5-6-18-15(11-17)12-30(23(18)34)20-7-8-21(32)25-22(20)33/h5-6,11,14,16,20H,3-4,7-10,12-13H2,1-2H3,(H,25,32,33). The minimum atomic E-state index is -0.661. The van der Waals surface area contributed by atoms with Crippen molar-refractivity contribution in [3.05, 3.63) is 41.2 Å². The molecule has 2 unspecified atom stereocenters. The molecule has 35 heavy (non-hydrogen) atoms. The highest BCUT2D eigenvalue weighted by Crippen LogP contribution is 2.29. The number of benzene rings is 1. The van der Waals surface area contributed by atoms with Crippen LogP contribution in [0.2, 0.25) is 0 Å². The van der Waals surface area contributed by atoms with E-state index in [4.69, 9.17) is 0 Å². The van der Waals surface area contributed by atoms with E-state index >= 15 is 0 Å². The van der Waals surface area contributed by atoms with Gasteiger partial charge in [0.1, 0.15) is 6.04 Å². The van der Waals surface area contributed by atoms with Gasteiger partial charge in [0.05, 0.1) is 11.9 Å². The molecule has 0 spiro atoms. The number of carbonyl (C=O) groups excluding carboxylic acids is 4. The molecule has 1 aromatic heterocycles. The molecule has 4 heterocycles. The average molecular weight is 480 g/mol. The summed E-state index contributed by atoms with van der Waals surface area (Å²) in [6, 6.07) is 4.76. The smallest absolute Gasteiger partial charge is 0.276 e. The molecule has 1 aromatic carbocycles. The van der Waals surface area contributed by atoms with Crippen molar-refractivity contribution in [3.63, 3.8) is 0 Å². The van der Waals surface area contributed by atoms with E-state index in [0.29, 0.717) is 24.2 Å². The molecule has 2 atom stereocenters.